The zero-order valence-electron chi connectivity index (χ0n) is 5.66. The Labute approximate surface area is 70.0 Å². The summed E-state index contributed by atoms with van der Waals surface area (Å²) in [5.74, 6) is 0. The van der Waals surface area contributed by atoms with Crippen molar-refractivity contribution in [2.75, 3.05) is 12.4 Å². The fraction of sp³-hybridized carbons (Fsp3) is 0.143. The Balaban J connectivity index is 2.80. The van der Waals surface area contributed by atoms with Crippen molar-refractivity contribution in [1.29, 1.82) is 0 Å². The summed E-state index contributed by atoms with van der Waals surface area (Å²) in [5.41, 5.74) is 1.13. The Morgan fingerprint density at radius 3 is 2.30 bits per heavy atom. The minimum atomic E-state index is 1.13. The second-order valence-corrected chi connectivity index (χ2v) is 3.07. The van der Waals surface area contributed by atoms with Crippen LogP contribution in [0.4, 0.5) is 5.69 Å². The highest BCUT2D eigenvalue weighted by molar-refractivity contribution is 8.68. The third-order valence-electron chi connectivity index (χ3n) is 1.25. The van der Waals surface area contributed by atoms with Gasteiger partial charge in [0, 0.05) is 17.6 Å². The van der Waals surface area contributed by atoms with Gasteiger partial charge in [0.05, 0.1) is 0 Å². The van der Waals surface area contributed by atoms with Crippen molar-refractivity contribution in [2.24, 2.45) is 0 Å². The summed E-state index contributed by atoms with van der Waals surface area (Å²) in [6.45, 7) is 0. The van der Waals surface area contributed by atoms with Crippen LogP contribution in [0.25, 0.3) is 0 Å². The summed E-state index contributed by atoms with van der Waals surface area (Å²) in [4.78, 5) is 1.17. The lowest BCUT2D eigenvalue weighted by Gasteiger charge is -1.98. The quantitative estimate of drug-likeness (QED) is 0.524. The van der Waals surface area contributed by atoms with Crippen LogP contribution in [0.5, 0.6) is 0 Å². The number of anilines is 1. The van der Waals surface area contributed by atoms with E-state index in [1.165, 1.54) is 15.7 Å². The number of hydrogen-bond acceptors (Lipinski definition) is 3. The predicted molar refractivity (Wildman–Crippen MR) is 50.8 cm³/mol. The van der Waals surface area contributed by atoms with E-state index >= 15 is 0 Å². The van der Waals surface area contributed by atoms with E-state index in [0.29, 0.717) is 0 Å². The molecular weight excluding hydrogens is 162 g/mol. The van der Waals surface area contributed by atoms with Crippen LogP contribution in [0.3, 0.4) is 0 Å². The van der Waals surface area contributed by atoms with Gasteiger partial charge in [-0.15, -0.1) is 11.7 Å². The molecule has 1 N–H and O–H groups in total. The van der Waals surface area contributed by atoms with Crippen molar-refractivity contribution < 1.29 is 0 Å². The molecule has 0 bridgehead atoms. The molecule has 1 rings (SSSR count). The van der Waals surface area contributed by atoms with Gasteiger partial charge >= 0.3 is 0 Å². The lowest BCUT2D eigenvalue weighted by Crippen LogP contribution is -1.85. The second-order valence-electron chi connectivity index (χ2n) is 1.87. The Kier molecular flexibility index (Phi) is 2.96. The molecule has 0 atom stereocenters. The van der Waals surface area contributed by atoms with Gasteiger partial charge in [0.1, 0.15) is 0 Å². The molecule has 1 aromatic carbocycles. The van der Waals surface area contributed by atoms with Gasteiger partial charge in [0.15, 0.2) is 0 Å². The highest BCUT2D eigenvalue weighted by atomic mass is 33.1. The van der Waals surface area contributed by atoms with E-state index in [0.717, 1.165) is 5.69 Å². The van der Waals surface area contributed by atoms with Crippen molar-refractivity contribution >= 4 is 28.1 Å². The third-order valence-corrected chi connectivity index (χ3v) is 2.36. The van der Waals surface area contributed by atoms with Crippen LogP contribution in [0, 0.1) is 0 Å². The minimum Gasteiger partial charge on any atom is -0.388 e. The maximum absolute atomic E-state index is 4.07. The smallest absolute Gasteiger partial charge is 0.0338 e. The van der Waals surface area contributed by atoms with Gasteiger partial charge in [-0.05, 0) is 24.3 Å². The molecule has 0 fully saturated rings. The maximum Gasteiger partial charge on any atom is 0.0338 e. The van der Waals surface area contributed by atoms with Gasteiger partial charge in [0.2, 0.25) is 0 Å². The van der Waals surface area contributed by atoms with Crippen molar-refractivity contribution in [3.8, 4) is 0 Å². The summed E-state index contributed by atoms with van der Waals surface area (Å²) >= 11 is 4.07. The van der Waals surface area contributed by atoms with Crippen LogP contribution in [-0.2, 0) is 0 Å². The first kappa shape index (κ1) is 7.82. The predicted octanol–water partition coefficient (Wildman–Crippen LogP) is 2.67. The van der Waals surface area contributed by atoms with E-state index in [1.54, 1.807) is 0 Å². The van der Waals surface area contributed by atoms with Gasteiger partial charge in [-0.3, -0.25) is 0 Å². The Morgan fingerprint density at radius 1 is 1.30 bits per heavy atom. The molecule has 0 heterocycles. The first-order valence-electron chi connectivity index (χ1n) is 2.96. The Bertz CT molecular complexity index is 172. The molecule has 0 aliphatic heterocycles. The number of hydrogen-bond donors (Lipinski definition) is 2. The first-order chi connectivity index (χ1) is 4.86. The fourth-order valence-corrected chi connectivity index (χ4v) is 1.31. The molecule has 1 nitrogen and oxygen atoms in total. The molecule has 0 aliphatic carbocycles. The fourth-order valence-electron chi connectivity index (χ4n) is 0.682. The van der Waals surface area contributed by atoms with Gasteiger partial charge in [-0.25, -0.2) is 0 Å². The van der Waals surface area contributed by atoms with E-state index in [2.05, 4.69) is 17.0 Å². The zero-order chi connectivity index (χ0) is 7.40. The lowest BCUT2D eigenvalue weighted by molar-refractivity contribution is 1.43. The lowest BCUT2D eigenvalue weighted by atomic mass is 10.3. The Hall–Kier alpha value is -0.280. The van der Waals surface area contributed by atoms with E-state index in [4.69, 9.17) is 0 Å². The van der Waals surface area contributed by atoms with Crippen molar-refractivity contribution in [1.82, 2.24) is 0 Å². The zero-order valence-corrected chi connectivity index (χ0v) is 7.38. The Morgan fingerprint density at radius 2 is 1.90 bits per heavy atom. The number of rotatable bonds is 2. The average molecular weight is 171 g/mol. The van der Waals surface area contributed by atoms with Gasteiger partial charge in [0.25, 0.3) is 0 Å². The molecule has 10 heavy (non-hydrogen) atoms. The van der Waals surface area contributed by atoms with Crippen LogP contribution >= 0.6 is 22.5 Å². The van der Waals surface area contributed by atoms with E-state index in [-0.39, 0.29) is 0 Å². The van der Waals surface area contributed by atoms with Crippen LogP contribution in [-0.4, -0.2) is 7.05 Å². The van der Waals surface area contributed by atoms with E-state index in [9.17, 15) is 0 Å². The molecule has 0 saturated carbocycles. The van der Waals surface area contributed by atoms with Crippen molar-refractivity contribution in [3.05, 3.63) is 24.3 Å². The highest BCUT2D eigenvalue weighted by Crippen LogP contribution is 2.22. The van der Waals surface area contributed by atoms with Crippen LogP contribution < -0.4 is 5.32 Å². The largest absolute Gasteiger partial charge is 0.388 e. The van der Waals surface area contributed by atoms with Crippen LogP contribution in [0.1, 0.15) is 0 Å². The molecule has 54 valence electrons. The summed E-state index contributed by atoms with van der Waals surface area (Å²) in [7, 11) is 3.36. The monoisotopic (exact) mass is 171 g/mol. The number of thiol groups is 1. The summed E-state index contributed by atoms with van der Waals surface area (Å²) in [6.07, 6.45) is 0. The van der Waals surface area contributed by atoms with E-state index in [1.807, 2.05) is 31.3 Å². The van der Waals surface area contributed by atoms with Crippen molar-refractivity contribution in [2.45, 2.75) is 4.90 Å². The molecule has 0 aromatic heterocycles. The summed E-state index contributed by atoms with van der Waals surface area (Å²) in [5, 5.41) is 3.04. The minimum absolute atomic E-state index is 1.13. The van der Waals surface area contributed by atoms with Gasteiger partial charge in [-0.1, -0.05) is 10.8 Å². The third kappa shape index (κ3) is 1.85. The SMILES string of the molecule is CNc1ccc(SS)cc1. The van der Waals surface area contributed by atoms with E-state index < -0.39 is 0 Å². The highest BCUT2D eigenvalue weighted by Gasteiger charge is 1.88. The standard InChI is InChI=1S/C7H9NS2/c1-8-6-2-4-7(10-9)5-3-6/h2-5,8-9H,1H3. The van der Waals surface area contributed by atoms with Crippen molar-refractivity contribution in [3.63, 3.8) is 0 Å². The van der Waals surface area contributed by atoms with Crippen LogP contribution in [0.15, 0.2) is 29.2 Å². The molecule has 1 aromatic rings. The topological polar surface area (TPSA) is 12.0 Å². The molecule has 0 aliphatic rings. The molecule has 0 unspecified atom stereocenters. The number of nitrogens with one attached hydrogen (secondary N) is 1. The number of benzene rings is 1. The molecule has 0 spiro atoms. The normalized spacial score (nSPS) is 9.40. The first-order valence-corrected chi connectivity index (χ1v) is 4.83. The van der Waals surface area contributed by atoms with Gasteiger partial charge < -0.3 is 5.32 Å². The second kappa shape index (κ2) is 3.78. The molecule has 0 saturated heterocycles. The molecule has 3 heteroatoms. The molecule has 0 radical (unpaired) electrons. The molecular formula is C7H9NS2. The molecule has 0 amide bonds. The van der Waals surface area contributed by atoms with Crippen LogP contribution in [0.2, 0.25) is 0 Å². The van der Waals surface area contributed by atoms with Gasteiger partial charge in [-0.2, -0.15) is 0 Å². The maximum atomic E-state index is 4.07. The summed E-state index contributed by atoms with van der Waals surface area (Å²) in [6, 6.07) is 8.12. The summed E-state index contributed by atoms with van der Waals surface area (Å²) < 4.78 is 0. The average Bonchev–Trinajstić information content (AvgIpc) is 2.05.